The first-order valence-electron chi connectivity index (χ1n) is 11.3. The molecule has 1 heterocycles. The van der Waals surface area contributed by atoms with Crippen LogP contribution >= 0.6 is 11.6 Å². The number of benzene rings is 1. The van der Waals surface area contributed by atoms with E-state index >= 15 is 0 Å². The SMILES string of the molecule is O=C(Nc1ccc(C(=O)N2CCC[C@H]3CCCC[C@H]32)c(Cl)c1)NC1CCCCC1. The van der Waals surface area contributed by atoms with Gasteiger partial charge in [-0.2, -0.15) is 0 Å². The number of rotatable bonds is 3. The van der Waals surface area contributed by atoms with Gasteiger partial charge in [0, 0.05) is 24.3 Å². The average molecular weight is 418 g/mol. The van der Waals surface area contributed by atoms with Gasteiger partial charge in [0.1, 0.15) is 0 Å². The molecule has 5 nitrogen and oxygen atoms in total. The Morgan fingerprint density at radius 1 is 0.931 bits per heavy atom. The highest BCUT2D eigenvalue weighted by Crippen LogP contribution is 2.36. The molecule has 3 amide bonds. The Morgan fingerprint density at radius 2 is 1.66 bits per heavy atom. The average Bonchev–Trinajstić information content (AvgIpc) is 2.73. The van der Waals surface area contributed by atoms with Gasteiger partial charge < -0.3 is 15.5 Å². The van der Waals surface area contributed by atoms with Crippen LogP contribution in [0.2, 0.25) is 5.02 Å². The van der Waals surface area contributed by atoms with Crippen LogP contribution in [0, 0.1) is 5.92 Å². The Hall–Kier alpha value is -1.75. The molecule has 0 radical (unpaired) electrons. The minimum absolute atomic E-state index is 0.0322. The number of amides is 3. The molecule has 2 aliphatic carbocycles. The fraction of sp³-hybridized carbons (Fsp3) is 0.652. The number of carbonyl (C=O) groups excluding carboxylic acids is 2. The van der Waals surface area contributed by atoms with Gasteiger partial charge in [-0.25, -0.2) is 4.79 Å². The van der Waals surface area contributed by atoms with Crippen LogP contribution in [0.4, 0.5) is 10.5 Å². The maximum absolute atomic E-state index is 13.2. The fourth-order valence-electron chi connectivity index (χ4n) is 5.40. The normalized spacial score (nSPS) is 25.2. The van der Waals surface area contributed by atoms with E-state index in [0.29, 0.717) is 28.2 Å². The zero-order valence-corrected chi connectivity index (χ0v) is 17.8. The van der Waals surface area contributed by atoms with Crippen molar-refractivity contribution in [2.45, 2.75) is 82.7 Å². The summed E-state index contributed by atoms with van der Waals surface area (Å²) >= 11 is 6.47. The zero-order chi connectivity index (χ0) is 20.2. The summed E-state index contributed by atoms with van der Waals surface area (Å²) in [6.45, 7) is 0.820. The number of piperidine rings is 1. The zero-order valence-electron chi connectivity index (χ0n) is 17.1. The third-order valence-corrected chi connectivity index (χ3v) is 7.21. The Labute approximate surface area is 178 Å². The Morgan fingerprint density at radius 3 is 2.45 bits per heavy atom. The summed E-state index contributed by atoms with van der Waals surface area (Å²) in [6.07, 6.45) is 12.8. The molecule has 0 spiro atoms. The lowest BCUT2D eigenvalue weighted by Gasteiger charge is -2.44. The summed E-state index contributed by atoms with van der Waals surface area (Å²) in [5, 5.41) is 6.31. The molecular formula is C23H32ClN3O2. The Kier molecular flexibility index (Phi) is 6.63. The van der Waals surface area contributed by atoms with Gasteiger partial charge in [0.05, 0.1) is 10.6 Å². The van der Waals surface area contributed by atoms with Crippen molar-refractivity contribution in [2.24, 2.45) is 5.92 Å². The number of hydrogen-bond donors (Lipinski definition) is 2. The third kappa shape index (κ3) is 4.88. The Bertz CT molecular complexity index is 746. The lowest BCUT2D eigenvalue weighted by Crippen LogP contribution is -2.49. The van der Waals surface area contributed by atoms with E-state index in [1.54, 1.807) is 18.2 Å². The maximum atomic E-state index is 13.2. The standard InChI is InChI=1S/C23H32ClN3O2/c24-20-15-18(26-23(29)25-17-9-2-1-3-10-17)12-13-19(20)22(28)27-14-6-8-16-7-4-5-11-21(16)27/h12-13,15-17,21H,1-11,14H2,(H2,25,26,29)/t16-,21-/m1/s1. The summed E-state index contributed by atoms with van der Waals surface area (Å²) in [5.41, 5.74) is 1.16. The van der Waals surface area contributed by atoms with Crippen molar-refractivity contribution in [1.82, 2.24) is 10.2 Å². The van der Waals surface area contributed by atoms with Crippen molar-refractivity contribution >= 4 is 29.2 Å². The quantitative estimate of drug-likeness (QED) is 0.673. The van der Waals surface area contributed by atoms with Gasteiger partial charge >= 0.3 is 6.03 Å². The second-order valence-electron chi connectivity index (χ2n) is 8.88. The molecule has 1 saturated heterocycles. The molecule has 4 rings (SSSR count). The lowest BCUT2D eigenvalue weighted by molar-refractivity contribution is 0.0391. The van der Waals surface area contributed by atoms with Gasteiger partial charge in [0.15, 0.2) is 0 Å². The molecule has 2 N–H and O–H groups in total. The van der Waals surface area contributed by atoms with Crippen molar-refractivity contribution in [3.63, 3.8) is 0 Å². The topological polar surface area (TPSA) is 61.4 Å². The molecule has 2 atom stereocenters. The van der Waals surface area contributed by atoms with E-state index in [0.717, 1.165) is 32.2 Å². The molecular weight excluding hydrogens is 386 g/mol. The molecule has 1 aromatic rings. The summed E-state index contributed by atoms with van der Waals surface area (Å²) < 4.78 is 0. The number of hydrogen-bond acceptors (Lipinski definition) is 2. The monoisotopic (exact) mass is 417 g/mol. The molecule has 1 aromatic carbocycles. The minimum atomic E-state index is -0.201. The highest BCUT2D eigenvalue weighted by Gasteiger charge is 2.36. The molecule has 2 saturated carbocycles. The van der Waals surface area contributed by atoms with Crippen LogP contribution < -0.4 is 10.6 Å². The first kappa shape index (κ1) is 20.5. The number of carbonyl (C=O) groups is 2. The molecule has 0 aromatic heterocycles. The largest absolute Gasteiger partial charge is 0.335 e. The molecule has 1 aliphatic heterocycles. The van der Waals surface area contributed by atoms with E-state index in [2.05, 4.69) is 15.5 Å². The van der Waals surface area contributed by atoms with Crippen LogP contribution in [-0.2, 0) is 0 Å². The first-order valence-corrected chi connectivity index (χ1v) is 11.7. The molecule has 0 unspecified atom stereocenters. The number of anilines is 1. The molecule has 3 aliphatic rings. The van der Waals surface area contributed by atoms with Crippen molar-refractivity contribution < 1.29 is 9.59 Å². The third-order valence-electron chi connectivity index (χ3n) is 6.90. The highest BCUT2D eigenvalue weighted by atomic mass is 35.5. The molecule has 158 valence electrons. The van der Waals surface area contributed by atoms with Crippen molar-refractivity contribution in [3.8, 4) is 0 Å². The van der Waals surface area contributed by atoms with Crippen LogP contribution in [0.15, 0.2) is 18.2 Å². The highest BCUT2D eigenvalue weighted by molar-refractivity contribution is 6.34. The predicted molar refractivity (Wildman–Crippen MR) is 116 cm³/mol. The lowest BCUT2D eigenvalue weighted by atomic mass is 9.78. The second kappa shape index (κ2) is 9.38. The number of fused-ring (bicyclic) bond motifs is 1. The van der Waals surface area contributed by atoms with Crippen LogP contribution in [0.25, 0.3) is 0 Å². The number of halogens is 1. The predicted octanol–water partition coefficient (Wildman–Crippen LogP) is 5.59. The molecule has 0 bridgehead atoms. The van der Waals surface area contributed by atoms with Gasteiger partial charge in [-0.05, 0) is 62.6 Å². The van der Waals surface area contributed by atoms with E-state index in [-0.39, 0.29) is 18.0 Å². The van der Waals surface area contributed by atoms with Crippen molar-refractivity contribution in [1.29, 1.82) is 0 Å². The van der Waals surface area contributed by atoms with Gasteiger partial charge in [0.2, 0.25) is 0 Å². The van der Waals surface area contributed by atoms with Crippen LogP contribution in [0.5, 0.6) is 0 Å². The van der Waals surface area contributed by atoms with E-state index < -0.39 is 0 Å². The van der Waals surface area contributed by atoms with Gasteiger partial charge in [-0.15, -0.1) is 0 Å². The number of nitrogens with zero attached hydrogens (tertiary/aromatic N) is 1. The van der Waals surface area contributed by atoms with Crippen LogP contribution in [0.1, 0.15) is 81.0 Å². The van der Waals surface area contributed by atoms with E-state index in [4.69, 9.17) is 11.6 Å². The molecule has 3 fully saturated rings. The second-order valence-corrected chi connectivity index (χ2v) is 9.29. The maximum Gasteiger partial charge on any atom is 0.319 e. The van der Waals surface area contributed by atoms with E-state index in [1.807, 2.05) is 0 Å². The summed E-state index contributed by atoms with van der Waals surface area (Å²) in [6, 6.07) is 5.64. The fourth-order valence-corrected chi connectivity index (χ4v) is 5.66. The van der Waals surface area contributed by atoms with Gasteiger partial charge in [0.25, 0.3) is 5.91 Å². The first-order chi connectivity index (χ1) is 14.1. The molecule has 29 heavy (non-hydrogen) atoms. The number of nitrogens with one attached hydrogen (secondary N) is 2. The van der Waals surface area contributed by atoms with Crippen molar-refractivity contribution in [3.05, 3.63) is 28.8 Å². The summed E-state index contributed by atoms with van der Waals surface area (Å²) in [4.78, 5) is 27.5. The molecule has 6 heteroatoms. The number of urea groups is 1. The van der Waals surface area contributed by atoms with Crippen LogP contribution in [0.3, 0.4) is 0 Å². The smallest absolute Gasteiger partial charge is 0.319 e. The van der Waals surface area contributed by atoms with E-state index in [1.165, 1.54) is 44.9 Å². The number of likely N-dealkylation sites (tertiary alicyclic amines) is 1. The van der Waals surface area contributed by atoms with Gasteiger partial charge in [-0.1, -0.05) is 43.7 Å². The summed E-state index contributed by atoms with van der Waals surface area (Å²) in [7, 11) is 0. The van der Waals surface area contributed by atoms with Gasteiger partial charge in [-0.3, -0.25) is 4.79 Å². The van der Waals surface area contributed by atoms with Crippen LogP contribution in [-0.4, -0.2) is 35.5 Å². The van der Waals surface area contributed by atoms with Crippen molar-refractivity contribution in [2.75, 3.05) is 11.9 Å². The minimum Gasteiger partial charge on any atom is -0.335 e. The Balaban J connectivity index is 1.40. The van der Waals surface area contributed by atoms with E-state index in [9.17, 15) is 9.59 Å². The summed E-state index contributed by atoms with van der Waals surface area (Å²) in [5.74, 6) is 0.675.